The highest BCUT2D eigenvalue weighted by atomic mass is 79.9. The smallest absolute Gasteiger partial charge is 0.175 e. The molecule has 0 saturated carbocycles. The molecule has 2 rings (SSSR count). The highest BCUT2D eigenvalue weighted by molar-refractivity contribution is 9.10. The number of benzene rings is 2. The Balaban J connectivity index is 2.50. The molecule has 3 N–H and O–H groups in total. The summed E-state index contributed by atoms with van der Waals surface area (Å²) in [5.74, 6) is 0.437. The molecular formula is C13H8BrCl3N2O2. The van der Waals surface area contributed by atoms with Gasteiger partial charge in [0, 0.05) is 10.5 Å². The first-order chi connectivity index (χ1) is 9.93. The maximum atomic E-state index is 8.83. The van der Waals surface area contributed by atoms with Crippen LogP contribution in [0.15, 0.2) is 40.0 Å². The van der Waals surface area contributed by atoms with Crippen molar-refractivity contribution >= 4 is 56.6 Å². The van der Waals surface area contributed by atoms with Crippen LogP contribution in [0.4, 0.5) is 0 Å². The van der Waals surface area contributed by atoms with E-state index in [0.29, 0.717) is 20.3 Å². The Morgan fingerprint density at radius 3 is 2.48 bits per heavy atom. The van der Waals surface area contributed by atoms with Crippen LogP contribution in [-0.4, -0.2) is 11.0 Å². The van der Waals surface area contributed by atoms with Gasteiger partial charge in [0.15, 0.2) is 5.84 Å². The predicted molar refractivity (Wildman–Crippen MR) is 88.2 cm³/mol. The highest BCUT2D eigenvalue weighted by Crippen LogP contribution is 2.38. The lowest BCUT2D eigenvalue weighted by Gasteiger charge is -2.13. The molecule has 0 aliphatic carbocycles. The number of halogens is 4. The van der Waals surface area contributed by atoms with Crippen LogP contribution in [0.2, 0.25) is 15.1 Å². The lowest BCUT2D eigenvalue weighted by atomic mass is 10.2. The number of oxime groups is 1. The minimum absolute atomic E-state index is 0.171. The second-order valence-electron chi connectivity index (χ2n) is 3.90. The molecule has 110 valence electrons. The maximum Gasteiger partial charge on any atom is 0.175 e. The van der Waals surface area contributed by atoms with E-state index >= 15 is 0 Å². The van der Waals surface area contributed by atoms with Gasteiger partial charge in [-0.15, -0.1) is 0 Å². The van der Waals surface area contributed by atoms with Crippen LogP contribution in [-0.2, 0) is 0 Å². The molecular weight excluding hydrogens is 402 g/mol. The lowest BCUT2D eigenvalue weighted by Crippen LogP contribution is -2.14. The van der Waals surface area contributed by atoms with Gasteiger partial charge in [0.25, 0.3) is 0 Å². The Labute approximate surface area is 144 Å². The fourth-order valence-corrected chi connectivity index (χ4v) is 2.68. The van der Waals surface area contributed by atoms with Gasteiger partial charge in [0.05, 0.1) is 20.6 Å². The topological polar surface area (TPSA) is 67.8 Å². The molecule has 2 aromatic carbocycles. The maximum absolute atomic E-state index is 8.83. The minimum Gasteiger partial charge on any atom is -0.455 e. The van der Waals surface area contributed by atoms with Crippen molar-refractivity contribution in [3.8, 4) is 11.5 Å². The van der Waals surface area contributed by atoms with Gasteiger partial charge in [-0.3, -0.25) is 0 Å². The van der Waals surface area contributed by atoms with Gasteiger partial charge in [-0.2, -0.15) is 0 Å². The molecule has 0 spiro atoms. The molecule has 0 aliphatic heterocycles. The zero-order chi connectivity index (χ0) is 15.6. The average molecular weight is 410 g/mol. The van der Waals surface area contributed by atoms with Gasteiger partial charge in [-0.25, -0.2) is 0 Å². The summed E-state index contributed by atoms with van der Waals surface area (Å²) in [4.78, 5) is 0. The third-order valence-corrected chi connectivity index (χ3v) is 4.34. The Bertz CT molecular complexity index is 723. The Hall–Kier alpha value is -1.14. The molecule has 0 heterocycles. The Kier molecular flexibility index (Phi) is 5.22. The average Bonchev–Trinajstić information content (AvgIpc) is 2.44. The molecule has 21 heavy (non-hydrogen) atoms. The van der Waals surface area contributed by atoms with E-state index in [2.05, 4.69) is 21.1 Å². The monoisotopic (exact) mass is 408 g/mol. The normalized spacial score (nSPS) is 11.5. The standard InChI is InChI=1S/C13H8BrCl3N2O2/c14-6-4-9(17)11(5-8(6)16)21-10-3-1-2-7(15)12(10)13(18)19-20/h1-5,20H,(H2,18,19). The quantitative estimate of drug-likeness (QED) is 0.237. The first-order valence-electron chi connectivity index (χ1n) is 5.53. The molecule has 8 heteroatoms. The fourth-order valence-electron chi connectivity index (χ4n) is 1.59. The molecule has 0 atom stereocenters. The lowest BCUT2D eigenvalue weighted by molar-refractivity contribution is 0.318. The van der Waals surface area contributed by atoms with Gasteiger partial charge >= 0.3 is 0 Å². The third kappa shape index (κ3) is 3.55. The van der Waals surface area contributed by atoms with Crippen LogP contribution in [0.5, 0.6) is 11.5 Å². The van der Waals surface area contributed by atoms with Crippen molar-refractivity contribution < 1.29 is 9.94 Å². The molecule has 0 bridgehead atoms. The van der Waals surface area contributed by atoms with Crippen molar-refractivity contribution in [3.05, 3.63) is 55.4 Å². The first kappa shape index (κ1) is 16.2. The third-order valence-electron chi connectivity index (χ3n) is 2.53. The fraction of sp³-hybridized carbons (Fsp3) is 0. The molecule has 0 unspecified atom stereocenters. The Morgan fingerprint density at radius 1 is 1.10 bits per heavy atom. The van der Waals surface area contributed by atoms with E-state index in [0.717, 1.165) is 0 Å². The Morgan fingerprint density at radius 2 is 1.81 bits per heavy atom. The van der Waals surface area contributed by atoms with Crippen molar-refractivity contribution in [2.75, 3.05) is 0 Å². The van der Waals surface area contributed by atoms with Crippen LogP contribution in [0, 0.1) is 0 Å². The molecule has 4 nitrogen and oxygen atoms in total. The number of rotatable bonds is 3. The summed E-state index contributed by atoms with van der Waals surface area (Å²) in [6.07, 6.45) is 0. The molecule has 2 aromatic rings. The summed E-state index contributed by atoms with van der Waals surface area (Å²) in [6, 6.07) is 8.03. The summed E-state index contributed by atoms with van der Waals surface area (Å²) >= 11 is 21.4. The van der Waals surface area contributed by atoms with E-state index in [-0.39, 0.29) is 22.2 Å². The van der Waals surface area contributed by atoms with Gasteiger partial charge < -0.3 is 15.7 Å². The van der Waals surface area contributed by atoms with Crippen molar-refractivity contribution in [3.63, 3.8) is 0 Å². The van der Waals surface area contributed by atoms with E-state index in [1.807, 2.05) is 0 Å². The molecule has 0 radical (unpaired) electrons. The van der Waals surface area contributed by atoms with Crippen LogP contribution in [0.3, 0.4) is 0 Å². The number of nitrogens with zero attached hydrogens (tertiary/aromatic N) is 1. The number of hydrogen-bond acceptors (Lipinski definition) is 3. The van der Waals surface area contributed by atoms with E-state index in [9.17, 15) is 0 Å². The van der Waals surface area contributed by atoms with Crippen LogP contribution < -0.4 is 10.5 Å². The largest absolute Gasteiger partial charge is 0.455 e. The van der Waals surface area contributed by atoms with Gasteiger partial charge in [0.1, 0.15) is 11.5 Å². The predicted octanol–water partition coefficient (Wildman–Crippen LogP) is 5.30. The summed E-state index contributed by atoms with van der Waals surface area (Å²) < 4.78 is 6.33. The van der Waals surface area contributed by atoms with E-state index in [1.54, 1.807) is 30.3 Å². The van der Waals surface area contributed by atoms with Gasteiger partial charge in [-0.1, -0.05) is 46.0 Å². The van der Waals surface area contributed by atoms with Crippen LogP contribution >= 0.6 is 50.7 Å². The summed E-state index contributed by atoms with van der Waals surface area (Å²) in [5.41, 5.74) is 5.87. The van der Waals surface area contributed by atoms with Gasteiger partial charge in [-0.05, 0) is 34.1 Å². The SMILES string of the molecule is N/C(=N/O)c1c(Cl)cccc1Oc1cc(Cl)c(Br)cc1Cl. The zero-order valence-electron chi connectivity index (χ0n) is 10.3. The van der Waals surface area contributed by atoms with Crippen molar-refractivity contribution in [1.29, 1.82) is 0 Å². The number of nitrogens with two attached hydrogens (primary N) is 1. The van der Waals surface area contributed by atoms with Crippen molar-refractivity contribution in [1.82, 2.24) is 0 Å². The van der Waals surface area contributed by atoms with Crippen molar-refractivity contribution in [2.24, 2.45) is 10.9 Å². The van der Waals surface area contributed by atoms with E-state index in [1.165, 1.54) is 0 Å². The second kappa shape index (κ2) is 6.75. The summed E-state index contributed by atoms with van der Waals surface area (Å²) in [7, 11) is 0. The number of hydrogen-bond donors (Lipinski definition) is 2. The molecule has 0 aliphatic rings. The minimum atomic E-state index is -0.171. The van der Waals surface area contributed by atoms with Gasteiger partial charge in [0.2, 0.25) is 0 Å². The van der Waals surface area contributed by atoms with E-state index < -0.39 is 0 Å². The summed E-state index contributed by atoms with van der Waals surface area (Å²) in [6.45, 7) is 0. The second-order valence-corrected chi connectivity index (χ2v) is 5.97. The van der Waals surface area contributed by atoms with Crippen molar-refractivity contribution in [2.45, 2.75) is 0 Å². The molecule has 0 saturated heterocycles. The number of ether oxygens (including phenoxy) is 1. The number of amidine groups is 1. The highest BCUT2D eigenvalue weighted by Gasteiger charge is 2.15. The van der Waals surface area contributed by atoms with Crippen LogP contribution in [0.25, 0.3) is 0 Å². The first-order valence-corrected chi connectivity index (χ1v) is 7.45. The molecule has 0 amide bonds. The van der Waals surface area contributed by atoms with Crippen LogP contribution in [0.1, 0.15) is 5.56 Å². The zero-order valence-corrected chi connectivity index (χ0v) is 14.1. The summed E-state index contributed by atoms with van der Waals surface area (Å²) in [5, 5.41) is 12.8. The van der Waals surface area contributed by atoms with E-state index in [4.69, 9.17) is 50.5 Å². The molecule has 0 aromatic heterocycles. The molecule has 0 fully saturated rings.